The van der Waals surface area contributed by atoms with E-state index in [2.05, 4.69) is 4.98 Å². The van der Waals surface area contributed by atoms with Gasteiger partial charge in [0.05, 0.1) is 12.1 Å². The first-order valence-electron chi connectivity index (χ1n) is 10.9. The van der Waals surface area contributed by atoms with E-state index in [0.29, 0.717) is 30.5 Å². The first kappa shape index (κ1) is 23.7. The number of para-hydroxylation sites is 2. The second kappa shape index (κ2) is 10.7. The van der Waals surface area contributed by atoms with Crippen molar-refractivity contribution in [2.75, 3.05) is 31.6 Å². The number of carbonyl (C=O) groups is 2. The Morgan fingerprint density at radius 2 is 1.74 bits per heavy atom. The number of oxazole rings is 1. The molecule has 0 atom stereocenters. The van der Waals surface area contributed by atoms with Crippen LogP contribution in [-0.4, -0.2) is 53.6 Å². The molecular formula is C26H24FN3O5. The number of ether oxygens (including phenoxy) is 1. The fourth-order valence-corrected chi connectivity index (χ4v) is 3.50. The molecule has 1 aromatic heterocycles. The van der Waals surface area contributed by atoms with E-state index in [0.717, 1.165) is 16.0 Å². The van der Waals surface area contributed by atoms with Crippen molar-refractivity contribution in [2.24, 2.45) is 0 Å². The summed E-state index contributed by atoms with van der Waals surface area (Å²) >= 11 is 0. The van der Waals surface area contributed by atoms with Crippen molar-refractivity contribution in [3.05, 3.63) is 89.7 Å². The molecule has 0 aliphatic heterocycles. The van der Waals surface area contributed by atoms with E-state index in [9.17, 15) is 19.1 Å². The molecule has 0 bridgehead atoms. The molecule has 0 aliphatic rings. The van der Waals surface area contributed by atoms with Crippen molar-refractivity contribution in [1.29, 1.82) is 0 Å². The zero-order chi connectivity index (χ0) is 24.8. The summed E-state index contributed by atoms with van der Waals surface area (Å²) in [6, 6.07) is 20.5. The second-order valence-electron chi connectivity index (χ2n) is 7.91. The monoisotopic (exact) mass is 477 g/mol. The lowest BCUT2D eigenvalue weighted by Gasteiger charge is -2.21. The molecule has 9 heteroatoms. The van der Waals surface area contributed by atoms with Crippen LogP contribution in [0.3, 0.4) is 0 Å². The molecule has 8 nitrogen and oxygen atoms in total. The maximum atomic E-state index is 14.0. The molecule has 180 valence electrons. The van der Waals surface area contributed by atoms with Crippen LogP contribution in [0.4, 0.5) is 10.4 Å². The van der Waals surface area contributed by atoms with Crippen LogP contribution in [0.15, 0.2) is 77.2 Å². The Morgan fingerprint density at radius 1 is 1.03 bits per heavy atom. The van der Waals surface area contributed by atoms with Gasteiger partial charge in [-0.15, -0.1) is 0 Å². The quantitative estimate of drug-likeness (QED) is 0.366. The Kier molecular flexibility index (Phi) is 7.25. The molecule has 0 aliphatic carbocycles. The van der Waals surface area contributed by atoms with Crippen LogP contribution in [0.1, 0.15) is 15.9 Å². The number of hydrogen-bond donors (Lipinski definition) is 1. The lowest BCUT2D eigenvalue weighted by Crippen LogP contribution is -2.35. The van der Waals surface area contributed by atoms with Gasteiger partial charge in [0.2, 0.25) is 0 Å². The fourth-order valence-electron chi connectivity index (χ4n) is 3.50. The van der Waals surface area contributed by atoms with Crippen molar-refractivity contribution >= 4 is 29.0 Å². The van der Waals surface area contributed by atoms with E-state index in [1.54, 1.807) is 24.3 Å². The van der Waals surface area contributed by atoms with Crippen LogP contribution >= 0.6 is 0 Å². The van der Waals surface area contributed by atoms with E-state index in [4.69, 9.17) is 9.15 Å². The average Bonchev–Trinajstić information content (AvgIpc) is 3.29. The number of halogens is 1. The van der Waals surface area contributed by atoms with Crippen LogP contribution < -0.4 is 9.64 Å². The largest absolute Gasteiger partial charge is 0.492 e. The standard InChI is InChI=1S/C26H24FN3O5/c1-29(26-28-22-8-4-5-9-23(22)35-26)14-15-34-19-12-10-18(11-13-19)16-30(17-24(31)32)25(33)20-6-2-3-7-21(20)27/h2-13H,14-17H2,1H3,(H,31,32). The molecule has 1 amide bonds. The number of rotatable bonds is 10. The highest BCUT2D eigenvalue weighted by molar-refractivity contribution is 5.96. The summed E-state index contributed by atoms with van der Waals surface area (Å²) in [4.78, 5) is 31.4. The molecule has 4 rings (SSSR count). The van der Waals surface area contributed by atoms with Gasteiger partial charge in [0.25, 0.3) is 11.9 Å². The van der Waals surface area contributed by atoms with Crippen molar-refractivity contribution in [1.82, 2.24) is 9.88 Å². The average molecular weight is 477 g/mol. The van der Waals surface area contributed by atoms with Gasteiger partial charge in [-0.2, -0.15) is 4.98 Å². The lowest BCUT2D eigenvalue weighted by atomic mass is 10.1. The zero-order valence-corrected chi connectivity index (χ0v) is 19.1. The van der Waals surface area contributed by atoms with E-state index >= 15 is 0 Å². The summed E-state index contributed by atoms with van der Waals surface area (Å²) < 4.78 is 25.6. The summed E-state index contributed by atoms with van der Waals surface area (Å²) in [5.41, 5.74) is 2.02. The lowest BCUT2D eigenvalue weighted by molar-refractivity contribution is -0.137. The predicted molar refractivity (Wildman–Crippen MR) is 128 cm³/mol. The number of hydrogen-bond acceptors (Lipinski definition) is 6. The highest BCUT2D eigenvalue weighted by atomic mass is 19.1. The highest BCUT2D eigenvalue weighted by Gasteiger charge is 2.21. The number of nitrogens with zero attached hydrogens (tertiary/aromatic N) is 3. The van der Waals surface area contributed by atoms with Gasteiger partial charge in [0.1, 0.15) is 30.2 Å². The van der Waals surface area contributed by atoms with Gasteiger partial charge in [-0.3, -0.25) is 9.59 Å². The summed E-state index contributed by atoms with van der Waals surface area (Å²) in [5, 5.41) is 9.21. The Balaban J connectivity index is 1.34. The normalized spacial score (nSPS) is 10.8. The molecule has 0 fully saturated rings. The van der Waals surface area contributed by atoms with Crippen LogP contribution in [0, 0.1) is 5.82 Å². The van der Waals surface area contributed by atoms with Crippen molar-refractivity contribution in [3.63, 3.8) is 0 Å². The molecule has 3 aromatic carbocycles. The third-order valence-electron chi connectivity index (χ3n) is 5.32. The molecule has 0 saturated carbocycles. The third-order valence-corrected chi connectivity index (χ3v) is 5.32. The third kappa shape index (κ3) is 5.94. The number of fused-ring (bicyclic) bond motifs is 1. The summed E-state index contributed by atoms with van der Waals surface area (Å²) in [7, 11) is 1.86. The number of carboxylic acid groups (broad SMARTS) is 1. The first-order chi connectivity index (χ1) is 16.9. The summed E-state index contributed by atoms with van der Waals surface area (Å²) in [5.74, 6) is -1.95. The molecule has 0 unspecified atom stereocenters. The summed E-state index contributed by atoms with van der Waals surface area (Å²) in [6.45, 7) is 0.386. The van der Waals surface area contributed by atoms with Crippen LogP contribution in [0.5, 0.6) is 5.75 Å². The van der Waals surface area contributed by atoms with E-state index in [1.807, 2.05) is 36.2 Å². The topological polar surface area (TPSA) is 96.1 Å². The van der Waals surface area contributed by atoms with Crippen molar-refractivity contribution in [2.45, 2.75) is 6.54 Å². The minimum absolute atomic E-state index is 0.0141. The highest BCUT2D eigenvalue weighted by Crippen LogP contribution is 2.21. The minimum Gasteiger partial charge on any atom is -0.492 e. The zero-order valence-electron chi connectivity index (χ0n) is 19.1. The maximum Gasteiger partial charge on any atom is 0.323 e. The number of carbonyl (C=O) groups excluding carboxylic acids is 1. The second-order valence-corrected chi connectivity index (χ2v) is 7.91. The predicted octanol–water partition coefficient (Wildman–Crippen LogP) is 4.21. The first-order valence-corrected chi connectivity index (χ1v) is 10.9. The Morgan fingerprint density at radius 3 is 2.46 bits per heavy atom. The number of anilines is 1. The number of carboxylic acids is 1. The molecule has 0 spiro atoms. The van der Waals surface area contributed by atoms with Gasteiger partial charge in [-0.05, 0) is 42.0 Å². The van der Waals surface area contributed by atoms with Crippen molar-refractivity contribution < 1.29 is 28.2 Å². The van der Waals surface area contributed by atoms with Gasteiger partial charge < -0.3 is 24.1 Å². The number of aromatic nitrogens is 1. The van der Waals surface area contributed by atoms with Gasteiger partial charge in [0.15, 0.2) is 5.58 Å². The molecule has 1 N–H and O–H groups in total. The van der Waals surface area contributed by atoms with Gasteiger partial charge in [0, 0.05) is 13.6 Å². The fraction of sp³-hybridized carbons (Fsp3) is 0.192. The van der Waals surface area contributed by atoms with Crippen molar-refractivity contribution in [3.8, 4) is 5.75 Å². The van der Waals surface area contributed by atoms with Crippen LogP contribution in [-0.2, 0) is 11.3 Å². The number of amides is 1. The molecule has 0 radical (unpaired) electrons. The minimum atomic E-state index is -1.18. The molecular weight excluding hydrogens is 453 g/mol. The van der Waals surface area contributed by atoms with Crippen LogP contribution in [0.25, 0.3) is 11.1 Å². The number of benzene rings is 3. The van der Waals surface area contributed by atoms with Gasteiger partial charge in [-0.25, -0.2) is 4.39 Å². The Bertz CT molecular complexity index is 1290. The molecule has 1 heterocycles. The summed E-state index contributed by atoms with van der Waals surface area (Å²) in [6.07, 6.45) is 0. The number of aliphatic carboxylic acids is 1. The van der Waals surface area contributed by atoms with Crippen LogP contribution in [0.2, 0.25) is 0 Å². The van der Waals surface area contributed by atoms with E-state index in [-0.39, 0.29) is 12.1 Å². The Hall–Kier alpha value is -4.40. The molecule has 0 saturated heterocycles. The number of likely N-dealkylation sites (N-methyl/N-ethyl adjacent to an activating group) is 1. The SMILES string of the molecule is CN(CCOc1ccc(CN(CC(=O)O)C(=O)c2ccccc2F)cc1)c1nc2ccccc2o1. The molecule has 35 heavy (non-hydrogen) atoms. The van der Waals surface area contributed by atoms with Gasteiger partial charge in [-0.1, -0.05) is 36.4 Å². The van der Waals surface area contributed by atoms with E-state index < -0.39 is 24.2 Å². The van der Waals surface area contributed by atoms with Gasteiger partial charge >= 0.3 is 5.97 Å². The smallest absolute Gasteiger partial charge is 0.323 e. The molecule has 4 aromatic rings. The Labute approximate surface area is 201 Å². The maximum absolute atomic E-state index is 14.0. The van der Waals surface area contributed by atoms with E-state index in [1.165, 1.54) is 24.3 Å².